The van der Waals surface area contributed by atoms with Crippen LogP contribution in [-0.2, 0) is 4.79 Å². The molecule has 8 heteroatoms. The normalized spacial score (nSPS) is 14.7. The highest BCUT2D eigenvalue weighted by atomic mass is 35.5. The molecule has 1 aliphatic heterocycles. The van der Waals surface area contributed by atoms with Crippen molar-refractivity contribution in [1.29, 1.82) is 0 Å². The number of hydrogen-bond donors (Lipinski definition) is 1. The Bertz CT molecular complexity index is 1800. The molecule has 1 aliphatic rings. The Kier molecular flexibility index (Phi) is 6.79. The van der Waals surface area contributed by atoms with E-state index in [0.29, 0.717) is 33.2 Å². The molecule has 5 aromatic rings. The number of benzene rings is 4. The lowest BCUT2D eigenvalue weighted by molar-refractivity contribution is -0.707. The number of phenols is 1. The Morgan fingerprint density at radius 3 is 2.24 bits per heavy atom. The minimum atomic E-state index is -1.37. The summed E-state index contributed by atoms with van der Waals surface area (Å²) in [7, 11) is 0. The monoisotopic (exact) mass is 559 g/mol. The lowest BCUT2D eigenvalue weighted by Crippen LogP contribution is -2.48. The molecule has 1 N–H and O–H groups in total. The summed E-state index contributed by atoms with van der Waals surface area (Å²) in [6.45, 7) is 0. The van der Waals surface area contributed by atoms with Gasteiger partial charge in [0.25, 0.3) is 0 Å². The van der Waals surface area contributed by atoms with Crippen LogP contribution < -0.4 is 14.6 Å². The van der Waals surface area contributed by atoms with Gasteiger partial charge in [0.2, 0.25) is 0 Å². The second-order valence-electron chi connectivity index (χ2n) is 9.47. The highest BCUT2D eigenvalue weighted by Gasteiger charge is 2.39. The van der Waals surface area contributed by atoms with Crippen LogP contribution in [0.5, 0.6) is 5.75 Å². The molecule has 1 amide bonds. The van der Waals surface area contributed by atoms with E-state index in [1.807, 2.05) is 54.6 Å². The van der Waals surface area contributed by atoms with Gasteiger partial charge in [0, 0.05) is 27.9 Å². The third-order valence-electron chi connectivity index (χ3n) is 6.86. The molecular formula is C33H22ClN3O4. The molecular weight excluding hydrogens is 538 g/mol. The summed E-state index contributed by atoms with van der Waals surface area (Å²) >= 11 is 6.46. The van der Waals surface area contributed by atoms with Crippen molar-refractivity contribution in [3.8, 4) is 16.9 Å². The van der Waals surface area contributed by atoms with E-state index >= 15 is 0 Å². The maximum atomic E-state index is 14.4. The van der Waals surface area contributed by atoms with Crippen LogP contribution in [-0.4, -0.2) is 22.7 Å². The van der Waals surface area contributed by atoms with Crippen LogP contribution in [0.25, 0.3) is 11.1 Å². The van der Waals surface area contributed by atoms with E-state index in [-0.39, 0.29) is 11.3 Å². The molecule has 0 bridgehead atoms. The number of carboxylic acid groups (broad SMARTS) is 1. The fourth-order valence-corrected chi connectivity index (χ4v) is 5.06. The SMILES string of the molecule is O=C([O-])c1ccc[n+](C2N=C(c3ccc(O)cc3)c3cc(Cl)ccc3N(c3ccc(-c4ccccc4)cc3)C2=O)c1. The molecule has 0 saturated carbocycles. The molecule has 2 heterocycles. The molecule has 1 unspecified atom stereocenters. The zero-order valence-corrected chi connectivity index (χ0v) is 22.3. The number of rotatable bonds is 5. The summed E-state index contributed by atoms with van der Waals surface area (Å²) in [4.78, 5) is 32.5. The lowest BCUT2D eigenvalue weighted by atomic mass is 9.99. The summed E-state index contributed by atoms with van der Waals surface area (Å²) in [5.74, 6) is -1.69. The molecule has 1 atom stereocenters. The molecule has 0 saturated heterocycles. The number of nitrogens with zero attached hydrogens (tertiary/aromatic N) is 3. The quantitative estimate of drug-likeness (QED) is 0.304. The Balaban J connectivity index is 1.56. The van der Waals surface area contributed by atoms with Crippen molar-refractivity contribution < 1.29 is 24.4 Å². The summed E-state index contributed by atoms with van der Waals surface area (Å²) < 4.78 is 1.45. The number of aromatic hydroxyl groups is 1. The van der Waals surface area contributed by atoms with E-state index in [1.54, 1.807) is 41.4 Å². The lowest BCUT2D eigenvalue weighted by Gasteiger charge is -2.24. The van der Waals surface area contributed by atoms with Gasteiger partial charge in [-0.2, -0.15) is 4.57 Å². The van der Waals surface area contributed by atoms with Gasteiger partial charge in [0.05, 0.1) is 22.9 Å². The van der Waals surface area contributed by atoms with E-state index in [2.05, 4.69) is 0 Å². The first-order valence-electron chi connectivity index (χ1n) is 12.8. The van der Waals surface area contributed by atoms with Gasteiger partial charge in [0.1, 0.15) is 5.75 Å². The summed E-state index contributed by atoms with van der Waals surface area (Å²) in [6, 6.07) is 32.1. The minimum Gasteiger partial charge on any atom is -0.545 e. The molecule has 200 valence electrons. The van der Waals surface area contributed by atoms with E-state index in [9.17, 15) is 19.8 Å². The maximum Gasteiger partial charge on any atom is 0.332 e. The number of hydrogen-bond acceptors (Lipinski definition) is 5. The topological polar surface area (TPSA) is 96.9 Å². The van der Waals surface area contributed by atoms with Crippen molar-refractivity contribution >= 4 is 40.6 Å². The smallest absolute Gasteiger partial charge is 0.332 e. The average molecular weight is 560 g/mol. The molecule has 1 aromatic heterocycles. The second-order valence-corrected chi connectivity index (χ2v) is 9.91. The number of aromatic nitrogens is 1. The molecule has 4 aromatic carbocycles. The number of carbonyl (C=O) groups excluding carboxylic acids is 2. The molecule has 0 radical (unpaired) electrons. The van der Waals surface area contributed by atoms with Crippen molar-refractivity contribution in [2.24, 2.45) is 4.99 Å². The number of halogens is 1. The van der Waals surface area contributed by atoms with Gasteiger partial charge in [-0.1, -0.05) is 54.1 Å². The largest absolute Gasteiger partial charge is 0.545 e. The summed E-state index contributed by atoms with van der Waals surface area (Å²) in [5, 5.41) is 22.0. The number of aromatic carboxylic acids is 1. The van der Waals surface area contributed by atoms with Crippen LogP contribution in [0.15, 0.2) is 127 Å². The highest BCUT2D eigenvalue weighted by molar-refractivity contribution is 6.32. The van der Waals surface area contributed by atoms with Crippen LogP contribution >= 0.6 is 11.6 Å². The van der Waals surface area contributed by atoms with Gasteiger partial charge >= 0.3 is 12.1 Å². The number of phenolic OH excluding ortho intramolecular Hbond substituents is 1. The van der Waals surface area contributed by atoms with Crippen LogP contribution in [0.2, 0.25) is 5.02 Å². The van der Waals surface area contributed by atoms with E-state index in [0.717, 1.165) is 11.1 Å². The molecule has 0 aliphatic carbocycles. The summed E-state index contributed by atoms with van der Waals surface area (Å²) in [6.07, 6.45) is 1.75. The van der Waals surface area contributed by atoms with Crippen molar-refractivity contribution in [3.63, 3.8) is 0 Å². The number of carboxylic acids is 1. The predicted octanol–water partition coefficient (Wildman–Crippen LogP) is 5.08. The first-order chi connectivity index (χ1) is 19.9. The first-order valence-corrected chi connectivity index (χ1v) is 13.2. The maximum absolute atomic E-state index is 14.4. The fraction of sp³-hybridized carbons (Fsp3) is 0.0303. The van der Waals surface area contributed by atoms with Crippen molar-refractivity contribution in [2.75, 3.05) is 4.90 Å². The number of pyridine rings is 1. The predicted molar refractivity (Wildman–Crippen MR) is 154 cm³/mol. The number of aliphatic imine (C=N–C) groups is 1. The third-order valence-corrected chi connectivity index (χ3v) is 7.10. The van der Waals surface area contributed by atoms with Gasteiger partial charge in [-0.15, -0.1) is 0 Å². The zero-order chi connectivity index (χ0) is 28.5. The molecule has 6 rings (SSSR count). The van der Waals surface area contributed by atoms with Gasteiger partial charge in [-0.25, -0.2) is 4.99 Å². The Morgan fingerprint density at radius 1 is 0.854 bits per heavy atom. The van der Waals surface area contributed by atoms with Crippen LogP contribution in [0.4, 0.5) is 11.4 Å². The number of fused-ring (bicyclic) bond motifs is 1. The minimum absolute atomic E-state index is 0.0816. The van der Waals surface area contributed by atoms with E-state index < -0.39 is 18.0 Å². The number of amides is 1. The average Bonchev–Trinajstić information content (AvgIpc) is 3.12. The summed E-state index contributed by atoms with van der Waals surface area (Å²) in [5.41, 5.74) is 4.78. The number of benzodiazepines with no additional fused rings is 1. The fourth-order valence-electron chi connectivity index (χ4n) is 4.88. The first kappa shape index (κ1) is 26.0. The van der Waals surface area contributed by atoms with Gasteiger partial charge < -0.3 is 15.0 Å². The Morgan fingerprint density at radius 2 is 1.54 bits per heavy atom. The third kappa shape index (κ3) is 5.06. The van der Waals surface area contributed by atoms with Crippen molar-refractivity contribution in [1.82, 2.24) is 0 Å². The van der Waals surface area contributed by atoms with E-state index in [4.69, 9.17) is 16.6 Å². The van der Waals surface area contributed by atoms with Crippen molar-refractivity contribution in [3.05, 3.63) is 143 Å². The second kappa shape index (κ2) is 10.7. The van der Waals surface area contributed by atoms with Crippen LogP contribution in [0.1, 0.15) is 27.7 Å². The van der Waals surface area contributed by atoms with E-state index in [1.165, 1.54) is 35.0 Å². The zero-order valence-electron chi connectivity index (χ0n) is 21.5. The van der Waals surface area contributed by atoms with Crippen LogP contribution in [0, 0.1) is 0 Å². The standard InChI is InChI=1S/C33H22ClN3O4/c34-25-12-17-29-28(19-25)30(23-10-15-27(38)16-11-23)35-31(36-18-4-7-24(20-36)33(40)41)32(39)37(29)26-13-8-22(9-14-26)21-5-2-1-3-6-21/h1-20,31H,(H-,35,38,40,41). The van der Waals surface area contributed by atoms with Crippen LogP contribution in [0.3, 0.4) is 0 Å². The molecule has 7 nitrogen and oxygen atoms in total. The highest BCUT2D eigenvalue weighted by Crippen LogP contribution is 2.37. The van der Waals surface area contributed by atoms with Gasteiger partial charge in [0.15, 0.2) is 12.4 Å². The van der Waals surface area contributed by atoms with Gasteiger partial charge in [-0.05, 0) is 71.8 Å². The molecule has 41 heavy (non-hydrogen) atoms. The molecule has 0 fully saturated rings. The number of anilines is 2. The Labute approximate surface area is 240 Å². The number of carbonyl (C=O) groups is 2. The molecule has 0 spiro atoms. The van der Waals surface area contributed by atoms with Gasteiger partial charge in [-0.3, -0.25) is 9.69 Å². The van der Waals surface area contributed by atoms with Crippen molar-refractivity contribution in [2.45, 2.75) is 6.17 Å². The Hall–Kier alpha value is -5.27.